The van der Waals surface area contributed by atoms with E-state index in [1.807, 2.05) is 4.90 Å². The van der Waals surface area contributed by atoms with Gasteiger partial charge in [0.25, 0.3) is 0 Å². The molecule has 0 radical (unpaired) electrons. The summed E-state index contributed by atoms with van der Waals surface area (Å²) in [4.78, 5) is 16.4. The lowest BCUT2D eigenvalue weighted by Gasteiger charge is -2.35. The van der Waals surface area contributed by atoms with Crippen LogP contribution in [0.15, 0.2) is 0 Å². The lowest BCUT2D eigenvalue weighted by atomic mass is 10.0. The maximum atomic E-state index is 12.0. The number of nitrogens with zero attached hydrogens (tertiary/aromatic N) is 2. The minimum atomic E-state index is 0.331. The second kappa shape index (κ2) is 7.67. The smallest absolute Gasteiger partial charge is 0.222 e. The molecular weight excluding hydrogens is 214 g/mol. The van der Waals surface area contributed by atoms with Gasteiger partial charge in [-0.2, -0.15) is 0 Å². The molecule has 4 heteroatoms. The third-order valence-corrected chi connectivity index (χ3v) is 3.62. The Hall–Kier alpha value is -0.610. The first-order chi connectivity index (χ1) is 8.17. The Morgan fingerprint density at radius 2 is 1.94 bits per heavy atom. The Kier molecular flexibility index (Phi) is 6.52. The number of hydrogen-bond donors (Lipinski definition) is 1. The van der Waals surface area contributed by atoms with Crippen molar-refractivity contribution in [2.75, 3.05) is 39.3 Å². The van der Waals surface area contributed by atoms with Crippen LogP contribution in [0.2, 0.25) is 0 Å². The van der Waals surface area contributed by atoms with E-state index in [9.17, 15) is 4.79 Å². The number of carbonyl (C=O) groups excluding carboxylic acids is 1. The van der Waals surface area contributed by atoms with E-state index in [1.54, 1.807) is 0 Å². The first-order valence-corrected chi connectivity index (χ1v) is 6.87. The number of piperazine rings is 1. The van der Waals surface area contributed by atoms with Gasteiger partial charge in [0.05, 0.1) is 0 Å². The number of amides is 1. The highest BCUT2D eigenvalue weighted by Crippen LogP contribution is 2.11. The summed E-state index contributed by atoms with van der Waals surface area (Å²) in [5.74, 6) is 0.843. The molecule has 4 nitrogen and oxygen atoms in total. The van der Waals surface area contributed by atoms with Crippen LogP contribution in [0, 0.1) is 5.92 Å². The van der Waals surface area contributed by atoms with E-state index in [-0.39, 0.29) is 0 Å². The molecule has 1 saturated heterocycles. The van der Waals surface area contributed by atoms with Crippen LogP contribution in [-0.2, 0) is 4.79 Å². The monoisotopic (exact) mass is 241 g/mol. The van der Waals surface area contributed by atoms with Crippen LogP contribution in [0.4, 0.5) is 0 Å². The lowest BCUT2D eigenvalue weighted by Crippen LogP contribution is -2.49. The molecule has 1 unspecified atom stereocenters. The van der Waals surface area contributed by atoms with Gasteiger partial charge >= 0.3 is 0 Å². The van der Waals surface area contributed by atoms with E-state index in [0.29, 0.717) is 18.2 Å². The van der Waals surface area contributed by atoms with Gasteiger partial charge < -0.3 is 10.6 Å². The van der Waals surface area contributed by atoms with Crippen molar-refractivity contribution in [3.05, 3.63) is 0 Å². The zero-order valence-electron chi connectivity index (χ0n) is 11.3. The topological polar surface area (TPSA) is 49.6 Å². The summed E-state index contributed by atoms with van der Waals surface area (Å²) in [5.41, 5.74) is 5.50. The van der Waals surface area contributed by atoms with E-state index in [0.717, 1.165) is 52.1 Å². The number of hydrogen-bond acceptors (Lipinski definition) is 3. The lowest BCUT2D eigenvalue weighted by molar-refractivity contribution is -0.133. The molecular formula is C13H27N3O. The Morgan fingerprint density at radius 3 is 2.47 bits per heavy atom. The first kappa shape index (κ1) is 14.5. The quantitative estimate of drug-likeness (QED) is 0.752. The fourth-order valence-corrected chi connectivity index (χ4v) is 2.11. The fraction of sp³-hybridized carbons (Fsp3) is 0.923. The molecule has 0 aromatic heterocycles. The largest absolute Gasteiger partial charge is 0.340 e. The van der Waals surface area contributed by atoms with Crippen LogP contribution in [0.5, 0.6) is 0 Å². The van der Waals surface area contributed by atoms with Gasteiger partial charge in [0.1, 0.15) is 0 Å². The Labute approximate surface area is 105 Å². The standard InChI is InChI=1S/C13H27N3O/c1-3-12(2)11-13(17)16-9-7-15(8-10-16)6-4-5-14/h12H,3-11,14H2,1-2H3. The maximum absolute atomic E-state index is 12.0. The summed E-state index contributed by atoms with van der Waals surface area (Å²) in [7, 11) is 0. The molecule has 1 amide bonds. The van der Waals surface area contributed by atoms with Crippen molar-refractivity contribution in [2.45, 2.75) is 33.1 Å². The van der Waals surface area contributed by atoms with E-state index >= 15 is 0 Å². The SMILES string of the molecule is CCC(C)CC(=O)N1CCN(CCCN)CC1. The predicted octanol–water partition coefficient (Wildman–Crippen LogP) is 0.916. The van der Waals surface area contributed by atoms with E-state index in [1.165, 1.54) is 0 Å². The molecule has 0 bridgehead atoms. The van der Waals surface area contributed by atoms with Gasteiger partial charge in [0, 0.05) is 32.6 Å². The van der Waals surface area contributed by atoms with Crippen molar-refractivity contribution in [1.82, 2.24) is 9.80 Å². The van der Waals surface area contributed by atoms with Crippen LogP contribution in [0.3, 0.4) is 0 Å². The third kappa shape index (κ3) is 5.04. The summed E-state index contributed by atoms with van der Waals surface area (Å²) < 4.78 is 0. The highest BCUT2D eigenvalue weighted by molar-refractivity contribution is 5.76. The van der Waals surface area contributed by atoms with Crippen molar-refractivity contribution in [3.8, 4) is 0 Å². The highest BCUT2D eigenvalue weighted by atomic mass is 16.2. The fourth-order valence-electron chi connectivity index (χ4n) is 2.11. The predicted molar refractivity (Wildman–Crippen MR) is 70.8 cm³/mol. The first-order valence-electron chi connectivity index (χ1n) is 6.87. The Balaban J connectivity index is 2.24. The van der Waals surface area contributed by atoms with E-state index < -0.39 is 0 Å². The molecule has 1 fully saturated rings. The molecule has 2 N–H and O–H groups in total. The van der Waals surface area contributed by atoms with Gasteiger partial charge in [-0.1, -0.05) is 20.3 Å². The van der Waals surface area contributed by atoms with Gasteiger partial charge in [-0.25, -0.2) is 0 Å². The maximum Gasteiger partial charge on any atom is 0.222 e. The summed E-state index contributed by atoms with van der Waals surface area (Å²) in [6.45, 7) is 9.91. The molecule has 17 heavy (non-hydrogen) atoms. The Bertz CT molecular complexity index is 225. The molecule has 0 saturated carbocycles. The van der Waals surface area contributed by atoms with Crippen molar-refractivity contribution < 1.29 is 4.79 Å². The van der Waals surface area contributed by atoms with Gasteiger partial charge in [-0.05, 0) is 25.4 Å². The number of nitrogens with two attached hydrogens (primary N) is 1. The highest BCUT2D eigenvalue weighted by Gasteiger charge is 2.21. The minimum Gasteiger partial charge on any atom is -0.340 e. The Morgan fingerprint density at radius 1 is 1.29 bits per heavy atom. The summed E-state index contributed by atoms with van der Waals surface area (Å²) in [6.07, 6.45) is 2.85. The normalized spacial score (nSPS) is 19.4. The van der Waals surface area contributed by atoms with Gasteiger partial charge in [-0.3, -0.25) is 9.69 Å². The summed E-state index contributed by atoms with van der Waals surface area (Å²) in [6, 6.07) is 0. The average molecular weight is 241 g/mol. The number of carbonyl (C=O) groups is 1. The van der Waals surface area contributed by atoms with Gasteiger partial charge in [0.15, 0.2) is 0 Å². The summed E-state index contributed by atoms with van der Waals surface area (Å²) >= 11 is 0. The van der Waals surface area contributed by atoms with Crippen LogP contribution < -0.4 is 5.73 Å². The van der Waals surface area contributed by atoms with Crippen molar-refractivity contribution in [3.63, 3.8) is 0 Å². The van der Waals surface area contributed by atoms with Crippen molar-refractivity contribution in [2.24, 2.45) is 11.7 Å². The van der Waals surface area contributed by atoms with Crippen LogP contribution >= 0.6 is 0 Å². The van der Waals surface area contributed by atoms with Crippen molar-refractivity contribution >= 4 is 5.91 Å². The van der Waals surface area contributed by atoms with E-state index in [2.05, 4.69) is 18.7 Å². The van der Waals surface area contributed by atoms with E-state index in [4.69, 9.17) is 5.73 Å². The van der Waals surface area contributed by atoms with Gasteiger partial charge in [-0.15, -0.1) is 0 Å². The molecule has 1 aliphatic heterocycles. The minimum absolute atomic E-state index is 0.331. The van der Waals surface area contributed by atoms with Crippen LogP contribution in [-0.4, -0.2) is 55.0 Å². The second-order valence-electron chi connectivity index (χ2n) is 5.08. The van der Waals surface area contributed by atoms with Crippen molar-refractivity contribution in [1.29, 1.82) is 0 Å². The molecule has 0 aromatic rings. The zero-order chi connectivity index (χ0) is 12.7. The van der Waals surface area contributed by atoms with Crippen LogP contribution in [0.1, 0.15) is 33.1 Å². The third-order valence-electron chi connectivity index (χ3n) is 3.62. The average Bonchev–Trinajstić information content (AvgIpc) is 2.36. The zero-order valence-corrected chi connectivity index (χ0v) is 11.3. The molecule has 100 valence electrons. The molecule has 1 heterocycles. The van der Waals surface area contributed by atoms with Crippen LogP contribution in [0.25, 0.3) is 0 Å². The second-order valence-corrected chi connectivity index (χ2v) is 5.08. The molecule has 0 spiro atoms. The molecule has 1 rings (SSSR count). The summed E-state index contributed by atoms with van der Waals surface area (Å²) in [5, 5.41) is 0. The molecule has 0 aliphatic carbocycles. The van der Waals surface area contributed by atoms with Gasteiger partial charge in [0.2, 0.25) is 5.91 Å². The molecule has 1 aliphatic rings. The molecule has 0 aromatic carbocycles. The number of rotatable bonds is 6. The molecule has 1 atom stereocenters.